The molecular weight excluding hydrogens is 247 g/mol. The average molecular weight is 262 g/mol. The Hall–Kier alpha value is -2.21. The fourth-order valence-electron chi connectivity index (χ4n) is 1.80. The Morgan fingerprint density at radius 3 is 2.58 bits per heavy atom. The lowest BCUT2D eigenvalue weighted by Crippen LogP contribution is -2.13. The third-order valence-electron chi connectivity index (χ3n) is 2.81. The zero-order chi connectivity index (χ0) is 14.0. The third-order valence-corrected chi connectivity index (χ3v) is 2.81. The van der Waals surface area contributed by atoms with Crippen LogP contribution in [0.4, 0.5) is 10.2 Å². The van der Waals surface area contributed by atoms with E-state index in [0.717, 1.165) is 16.9 Å². The smallest absolute Gasteiger partial charge is 0.187 e. The summed E-state index contributed by atoms with van der Waals surface area (Å²) >= 11 is 0. The summed E-state index contributed by atoms with van der Waals surface area (Å²) in [5, 5.41) is 0. The van der Waals surface area contributed by atoms with Gasteiger partial charge in [0.2, 0.25) is 0 Å². The molecule has 1 aromatic carbocycles. The fraction of sp³-hybridized carbons (Fsp3) is 0.231. The number of nitrogen functional groups attached to an aromatic ring is 1. The Morgan fingerprint density at radius 1 is 1.26 bits per heavy atom. The number of rotatable bonds is 3. The van der Waals surface area contributed by atoms with E-state index in [-0.39, 0.29) is 11.5 Å². The van der Waals surface area contributed by atoms with Gasteiger partial charge >= 0.3 is 0 Å². The van der Waals surface area contributed by atoms with Gasteiger partial charge in [-0.1, -0.05) is 0 Å². The highest BCUT2D eigenvalue weighted by atomic mass is 19.1. The summed E-state index contributed by atoms with van der Waals surface area (Å²) in [7, 11) is 1.61. The summed E-state index contributed by atoms with van der Waals surface area (Å²) in [5.41, 5.74) is 4.20. The molecule has 0 fully saturated rings. The van der Waals surface area contributed by atoms with E-state index in [4.69, 9.17) is 10.6 Å². The first-order chi connectivity index (χ1) is 9.06. The van der Waals surface area contributed by atoms with Crippen LogP contribution in [0.25, 0.3) is 11.4 Å². The largest absolute Gasteiger partial charge is 0.496 e. The summed E-state index contributed by atoms with van der Waals surface area (Å²) in [6.45, 7) is 3.48. The third kappa shape index (κ3) is 2.48. The van der Waals surface area contributed by atoms with Crippen molar-refractivity contribution in [1.29, 1.82) is 0 Å². The second-order valence-corrected chi connectivity index (χ2v) is 4.12. The molecule has 1 aromatic heterocycles. The molecule has 0 aliphatic carbocycles. The van der Waals surface area contributed by atoms with Crippen LogP contribution in [-0.2, 0) is 0 Å². The predicted molar refractivity (Wildman–Crippen MR) is 71.3 cm³/mol. The topological polar surface area (TPSA) is 73.1 Å². The molecule has 0 bridgehead atoms. The van der Waals surface area contributed by atoms with Crippen LogP contribution in [0.5, 0.6) is 5.75 Å². The van der Waals surface area contributed by atoms with Crippen LogP contribution in [0.15, 0.2) is 18.2 Å². The van der Waals surface area contributed by atoms with Crippen LogP contribution >= 0.6 is 0 Å². The molecule has 19 heavy (non-hydrogen) atoms. The molecule has 1 heterocycles. The van der Waals surface area contributed by atoms with Crippen LogP contribution in [0.3, 0.4) is 0 Å². The summed E-state index contributed by atoms with van der Waals surface area (Å²) in [6, 6.07) is 5.52. The highest BCUT2D eigenvalue weighted by molar-refractivity contribution is 5.60. The van der Waals surface area contributed by atoms with E-state index in [1.54, 1.807) is 14.0 Å². The number of hydrazine groups is 1. The predicted octanol–water partition coefficient (Wildman–Crippen LogP) is 2.19. The Labute approximate surface area is 110 Å². The molecule has 0 aliphatic heterocycles. The van der Waals surface area contributed by atoms with Gasteiger partial charge in [-0.15, -0.1) is 0 Å². The Kier molecular flexibility index (Phi) is 3.62. The normalized spacial score (nSPS) is 10.4. The quantitative estimate of drug-likeness (QED) is 0.655. The maximum Gasteiger partial charge on any atom is 0.187 e. The molecule has 0 saturated carbocycles. The molecule has 0 unspecified atom stereocenters. The molecule has 3 N–H and O–H groups in total. The number of aryl methyl sites for hydroxylation is 2. The number of halogens is 1. The molecule has 6 heteroatoms. The SMILES string of the molecule is COc1ccc(-c2nc(C)c(F)c(NN)n2)cc1C. The second-order valence-electron chi connectivity index (χ2n) is 4.12. The number of nitrogens with zero attached hydrogens (tertiary/aromatic N) is 2. The van der Waals surface area contributed by atoms with Crippen LogP contribution in [0.1, 0.15) is 11.3 Å². The summed E-state index contributed by atoms with van der Waals surface area (Å²) in [6.07, 6.45) is 0. The first kappa shape index (κ1) is 13.2. The van der Waals surface area contributed by atoms with Crippen molar-refractivity contribution in [3.8, 4) is 17.1 Å². The van der Waals surface area contributed by atoms with E-state index in [0.29, 0.717) is 5.82 Å². The van der Waals surface area contributed by atoms with Crippen molar-refractivity contribution in [2.24, 2.45) is 5.84 Å². The van der Waals surface area contributed by atoms with Gasteiger partial charge in [-0.05, 0) is 37.6 Å². The number of ether oxygens (including phenoxy) is 1. The van der Waals surface area contributed by atoms with Gasteiger partial charge in [-0.3, -0.25) is 0 Å². The van der Waals surface area contributed by atoms with Crippen molar-refractivity contribution < 1.29 is 9.13 Å². The van der Waals surface area contributed by atoms with Gasteiger partial charge in [0.05, 0.1) is 12.8 Å². The average Bonchev–Trinajstić information content (AvgIpc) is 2.41. The van der Waals surface area contributed by atoms with Gasteiger partial charge in [0.15, 0.2) is 17.5 Å². The first-order valence-corrected chi connectivity index (χ1v) is 5.72. The number of aromatic nitrogens is 2. The highest BCUT2D eigenvalue weighted by Gasteiger charge is 2.12. The van der Waals surface area contributed by atoms with Gasteiger partial charge in [-0.2, -0.15) is 0 Å². The minimum Gasteiger partial charge on any atom is -0.496 e. The molecule has 5 nitrogen and oxygen atoms in total. The first-order valence-electron chi connectivity index (χ1n) is 5.72. The molecule has 0 aliphatic rings. The van der Waals surface area contributed by atoms with E-state index in [2.05, 4.69) is 15.4 Å². The molecule has 2 aromatic rings. The van der Waals surface area contributed by atoms with Crippen molar-refractivity contribution in [3.63, 3.8) is 0 Å². The van der Waals surface area contributed by atoms with E-state index in [1.165, 1.54) is 0 Å². The number of methoxy groups -OCH3 is 1. The number of anilines is 1. The molecule has 2 rings (SSSR count). The molecule has 0 saturated heterocycles. The zero-order valence-corrected chi connectivity index (χ0v) is 11.0. The van der Waals surface area contributed by atoms with E-state index >= 15 is 0 Å². The number of hydrogen-bond donors (Lipinski definition) is 2. The number of nitrogens with two attached hydrogens (primary N) is 1. The summed E-state index contributed by atoms with van der Waals surface area (Å²) in [5.74, 6) is 5.87. The van der Waals surface area contributed by atoms with Crippen molar-refractivity contribution in [3.05, 3.63) is 35.3 Å². The summed E-state index contributed by atoms with van der Waals surface area (Å²) in [4.78, 5) is 8.18. The Bertz CT molecular complexity index is 616. The van der Waals surface area contributed by atoms with Crippen molar-refractivity contribution in [2.45, 2.75) is 13.8 Å². The molecule has 0 atom stereocenters. The second kappa shape index (κ2) is 5.19. The van der Waals surface area contributed by atoms with Crippen molar-refractivity contribution in [2.75, 3.05) is 12.5 Å². The standard InChI is InChI=1S/C13H15FN4O/c1-7-6-9(4-5-10(7)19-3)12-16-8(2)11(14)13(17-12)18-15/h4-6H,15H2,1-3H3,(H,16,17,18). The monoisotopic (exact) mass is 262 g/mol. The van der Waals surface area contributed by atoms with Crippen LogP contribution in [0.2, 0.25) is 0 Å². The molecular formula is C13H15FN4O. The van der Waals surface area contributed by atoms with Crippen molar-refractivity contribution in [1.82, 2.24) is 9.97 Å². The van der Waals surface area contributed by atoms with Crippen LogP contribution < -0.4 is 16.0 Å². The van der Waals surface area contributed by atoms with Crippen LogP contribution in [-0.4, -0.2) is 17.1 Å². The van der Waals surface area contributed by atoms with Gasteiger partial charge in [0.1, 0.15) is 5.75 Å². The van der Waals surface area contributed by atoms with E-state index in [1.807, 2.05) is 25.1 Å². The van der Waals surface area contributed by atoms with E-state index < -0.39 is 5.82 Å². The number of benzene rings is 1. The maximum absolute atomic E-state index is 13.6. The lowest BCUT2D eigenvalue weighted by molar-refractivity contribution is 0.412. The van der Waals surface area contributed by atoms with Crippen LogP contribution in [0, 0.1) is 19.7 Å². The Morgan fingerprint density at radius 2 is 2.00 bits per heavy atom. The van der Waals surface area contributed by atoms with E-state index in [9.17, 15) is 4.39 Å². The zero-order valence-electron chi connectivity index (χ0n) is 11.0. The van der Waals surface area contributed by atoms with Gasteiger partial charge in [0, 0.05) is 5.56 Å². The Balaban J connectivity index is 2.53. The van der Waals surface area contributed by atoms with Crippen molar-refractivity contribution >= 4 is 5.82 Å². The van der Waals surface area contributed by atoms with Gasteiger partial charge in [0.25, 0.3) is 0 Å². The number of hydrogen-bond acceptors (Lipinski definition) is 5. The fourth-order valence-corrected chi connectivity index (χ4v) is 1.80. The number of nitrogens with one attached hydrogen (secondary N) is 1. The lowest BCUT2D eigenvalue weighted by Gasteiger charge is -2.09. The minimum atomic E-state index is -0.545. The molecule has 0 amide bonds. The molecule has 100 valence electrons. The highest BCUT2D eigenvalue weighted by Crippen LogP contribution is 2.25. The maximum atomic E-state index is 13.6. The van der Waals surface area contributed by atoms with Gasteiger partial charge in [-0.25, -0.2) is 20.2 Å². The summed E-state index contributed by atoms with van der Waals surface area (Å²) < 4.78 is 18.8. The molecule has 0 radical (unpaired) electrons. The van der Waals surface area contributed by atoms with Gasteiger partial charge < -0.3 is 10.2 Å². The molecule has 0 spiro atoms. The minimum absolute atomic E-state index is 0.0176. The lowest BCUT2D eigenvalue weighted by atomic mass is 10.1.